The van der Waals surface area contributed by atoms with E-state index in [2.05, 4.69) is 44.8 Å². The monoisotopic (exact) mass is 336 g/mol. The molecule has 1 aliphatic rings. The van der Waals surface area contributed by atoms with Crippen LogP contribution in [0.5, 0.6) is 0 Å². The molecule has 5 rings (SSSR count). The van der Waals surface area contributed by atoms with E-state index in [4.69, 9.17) is 4.98 Å². The largest absolute Gasteiger partial charge is 0.361 e. The second-order valence-corrected chi connectivity index (χ2v) is 6.09. The van der Waals surface area contributed by atoms with E-state index in [1.165, 1.54) is 0 Å². The number of rotatable bonds is 3. The molecule has 0 bridgehead atoms. The van der Waals surface area contributed by atoms with E-state index in [0.717, 1.165) is 39.6 Å². The lowest BCUT2D eigenvalue weighted by Gasteiger charge is -2.06. The molecule has 4 nitrogen and oxygen atoms in total. The Morgan fingerprint density at radius 3 is 2.58 bits per heavy atom. The van der Waals surface area contributed by atoms with Gasteiger partial charge in [-0.2, -0.15) is 0 Å². The highest BCUT2D eigenvalue weighted by Crippen LogP contribution is 2.33. The zero-order valence-corrected chi connectivity index (χ0v) is 14.0. The third-order valence-corrected chi connectivity index (χ3v) is 4.49. The van der Waals surface area contributed by atoms with Gasteiger partial charge < -0.3 is 4.98 Å². The minimum absolute atomic E-state index is 0.913. The van der Waals surface area contributed by atoms with Crippen molar-refractivity contribution >= 4 is 17.3 Å². The van der Waals surface area contributed by atoms with E-state index in [9.17, 15) is 0 Å². The molecule has 0 saturated heterocycles. The third kappa shape index (κ3) is 2.31. The molecule has 4 heteroatoms. The highest BCUT2D eigenvalue weighted by atomic mass is 15.0. The second-order valence-electron chi connectivity index (χ2n) is 6.09. The van der Waals surface area contributed by atoms with Gasteiger partial charge in [0.15, 0.2) is 0 Å². The normalized spacial score (nSPS) is 15.1. The van der Waals surface area contributed by atoms with Gasteiger partial charge in [-0.15, -0.1) is 0 Å². The van der Waals surface area contributed by atoms with Gasteiger partial charge in [0.05, 0.1) is 16.8 Å². The summed E-state index contributed by atoms with van der Waals surface area (Å²) in [6.07, 6.45) is 9.77. The number of fused-ring (bicyclic) bond motifs is 1. The number of nitrogens with zero attached hydrogens (tertiary/aromatic N) is 3. The van der Waals surface area contributed by atoms with Gasteiger partial charge in [0.2, 0.25) is 0 Å². The van der Waals surface area contributed by atoms with E-state index in [-0.39, 0.29) is 0 Å². The molecule has 26 heavy (non-hydrogen) atoms. The minimum Gasteiger partial charge on any atom is -0.361 e. The Hall–Kier alpha value is -3.66. The van der Waals surface area contributed by atoms with Crippen LogP contribution in [0.1, 0.15) is 11.4 Å². The maximum absolute atomic E-state index is 5.04. The lowest BCUT2D eigenvalue weighted by Crippen LogP contribution is -1.93. The summed E-state index contributed by atoms with van der Waals surface area (Å²) in [6, 6.07) is 20.5. The van der Waals surface area contributed by atoms with Crippen LogP contribution in [-0.2, 0) is 0 Å². The fraction of sp³-hybridized carbons (Fsp3) is 0. The maximum Gasteiger partial charge on any atom is 0.145 e. The molecule has 3 aromatic heterocycles. The molecule has 1 N–H and O–H groups in total. The summed E-state index contributed by atoms with van der Waals surface area (Å²) in [4.78, 5) is 12.9. The summed E-state index contributed by atoms with van der Waals surface area (Å²) in [5.74, 6) is 0.923. The number of pyridine rings is 1. The summed E-state index contributed by atoms with van der Waals surface area (Å²) in [7, 11) is 0. The van der Waals surface area contributed by atoms with Gasteiger partial charge in [0, 0.05) is 29.9 Å². The Kier molecular flexibility index (Phi) is 3.39. The van der Waals surface area contributed by atoms with Crippen LogP contribution < -0.4 is 0 Å². The minimum atomic E-state index is 0.913. The standard InChI is InChI=1S/C22H16N4/c1-2-8-16(9-3-1)22-25-21(19-12-4-5-15-26(19)22)20(17-10-6-13-23-17)18-11-7-14-24-18/h1-15,23H/b20-18+. The molecule has 0 saturated carbocycles. The van der Waals surface area contributed by atoms with Crippen molar-refractivity contribution in [3.05, 3.63) is 102 Å². The molecular formula is C22H16N4. The van der Waals surface area contributed by atoms with Crippen LogP contribution >= 0.6 is 0 Å². The van der Waals surface area contributed by atoms with Crippen molar-refractivity contribution in [2.45, 2.75) is 0 Å². The van der Waals surface area contributed by atoms with Gasteiger partial charge >= 0.3 is 0 Å². The zero-order chi connectivity index (χ0) is 17.3. The van der Waals surface area contributed by atoms with E-state index >= 15 is 0 Å². The molecule has 1 aromatic carbocycles. The van der Waals surface area contributed by atoms with Gasteiger partial charge in [-0.3, -0.25) is 9.39 Å². The molecule has 0 aliphatic carbocycles. The molecule has 1 aliphatic heterocycles. The quantitative estimate of drug-likeness (QED) is 0.577. The number of nitrogens with one attached hydrogen (secondary N) is 1. The van der Waals surface area contributed by atoms with Crippen molar-refractivity contribution in [3.8, 4) is 11.4 Å². The summed E-state index contributed by atoms with van der Waals surface area (Å²) < 4.78 is 2.14. The number of hydrogen-bond donors (Lipinski definition) is 1. The predicted molar refractivity (Wildman–Crippen MR) is 105 cm³/mol. The SMILES string of the molecule is C1=C/C(=C(/c2ccc[nH]2)c2nc(-c3ccccc3)n3ccccc23)N=C1. The third-order valence-electron chi connectivity index (χ3n) is 4.49. The summed E-state index contributed by atoms with van der Waals surface area (Å²) in [6.45, 7) is 0. The van der Waals surface area contributed by atoms with Crippen molar-refractivity contribution in [2.75, 3.05) is 0 Å². The van der Waals surface area contributed by atoms with Gasteiger partial charge in [-0.1, -0.05) is 36.4 Å². The number of aliphatic imine (C=N–C) groups is 1. The summed E-state index contributed by atoms with van der Waals surface area (Å²) in [5, 5.41) is 0. The van der Waals surface area contributed by atoms with E-state index < -0.39 is 0 Å². The van der Waals surface area contributed by atoms with Crippen molar-refractivity contribution in [1.29, 1.82) is 0 Å². The molecule has 0 radical (unpaired) electrons. The lowest BCUT2D eigenvalue weighted by atomic mass is 10.1. The van der Waals surface area contributed by atoms with E-state index in [1.807, 2.05) is 61.0 Å². The Morgan fingerprint density at radius 1 is 0.923 bits per heavy atom. The van der Waals surface area contributed by atoms with Crippen molar-refractivity contribution < 1.29 is 0 Å². The first kappa shape index (κ1) is 14.7. The average Bonchev–Trinajstić information content (AvgIpc) is 3.46. The number of benzene rings is 1. The maximum atomic E-state index is 5.04. The van der Waals surface area contributed by atoms with Crippen LogP contribution in [0.25, 0.3) is 22.5 Å². The van der Waals surface area contributed by atoms with E-state index in [1.54, 1.807) is 0 Å². The van der Waals surface area contributed by atoms with Crippen LogP contribution in [0, 0.1) is 0 Å². The highest BCUT2D eigenvalue weighted by molar-refractivity contribution is 5.92. The fourth-order valence-corrected chi connectivity index (χ4v) is 3.33. The Labute approximate surface area is 150 Å². The lowest BCUT2D eigenvalue weighted by molar-refractivity contribution is 1.16. The van der Waals surface area contributed by atoms with Crippen LogP contribution in [0.2, 0.25) is 0 Å². The van der Waals surface area contributed by atoms with E-state index in [0.29, 0.717) is 0 Å². The average molecular weight is 336 g/mol. The molecule has 0 atom stereocenters. The number of imidazole rings is 1. The smallest absolute Gasteiger partial charge is 0.145 e. The molecule has 4 heterocycles. The molecular weight excluding hydrogens is 320 g/mol. The summed E-state index contributed by atoms with van der Waals surface area (Å²) >= 11 is 0. The van der Waals surface area contributed by atoms with Gasteiger partial charge in [-0.05, 0) is 36.4 Å². The zero-order valence-electron chi connectivity index (χ0n) is 14.0. The molecule has 0 spiro atoms. The topological polar surface area (TPSA) is 45.5 Å². The van der Waals surface area contributed by atoms with Crippen LogP contribution in [0.15, 0.2) is 95.9 Å². The predicted octanol–water partition coefficient (Wildman–Crippen LogP) is 4.73. The fourth-order valence-electron chi connectivity index (χ4n) is 3.33. The Balaban J connectivity index is 1.83. The van der Waals surface area contributed by atoms with Crippen molar-refractivity contribution in [2.24, 2.45) is 4.99 Å². The molecule has 0 unspecified atom stereocenters. The molecule has 124 valence electrons. The number of aromatic nitrogens is 3. The Morgan fingerprint density at radius 2 is 1.81 bits per heavy atom. The molecule has 0 amide bonds. The van der Waals surface area contributed by atoms with Gasteiger partial charge in [-0.25, -0.2) is 4.98 Å². The molecule has 4 aromatic rings. The van der Waals surface area contributed by atoms with Crippen molar-refractivity contribution in [3.63, 3.8) is 0 Å². The Bertz CT molecular complexity index is 1150. The molecule has 0 fully saturated rings. The van der Waals surface area contributed by atoms with Crippen LogP contribution in [0.4, 0.5) is 0 Å². The second kappa shape index (κ2) is 6.01. The van der Waals surface area contributed by atoms with Gasteiger partial charge in [0.1, 0.15) is 11.5 Å². The highest BCUT2D eigenvalue weighted by Gasteiger charge is 2.20. The summed E-state index contributed by atoms with van der Waals surface area (Å²) in [5.41, 5.74) is 5.99. The van der Waals surface area contributed by atoms with Crippen LogP contribution in [0.3, 0.4) is 0 Å². The first-order valence-electron chi connectivity index (χ1n) is 8.53. The van der Waals surface area contributed by atoms with Crippen molar-refractivity contribution in [1.82, 2.24) is 14.4 Å². The number of hydrogen-bond acceptors (Lipinski definition) is 2. The number of allylic oxidation sites excluding steroid dienone is 2. The van der Waals surface area contributed by atoms with Crippen LogP contribution in [-0.4, -0.2) is 20.6 Å². The number of H-pyrrole nitrogens is 1. The number of aromatic amines is 1. The first-order valence-corrected chi connectivity index (χ1v) is 8.53. The first-order chi connectivity index (χ1) is 12.9. The van der Waals surface area contributed by atoms with Gasteiger partial charge in [0.25, 0.3) is 0 Å².